The summed E-state index contributed by atoms with van der Waals surface area (Å²) < 4.78 is 13.2. The standard InChI is InChI=1S/C21H23FN4O2S/c1-4-5-6-16(14-7-9-15(22)10-8-14)25-26-18(27)11-17-23-20(28)19-12(2)13(3)29-21(19)24-17/h7-10H,4-6,11H2,1-3H3,(H,26,27)(H,23,24,28)/b25-16-. The monoisotopic (exact) mass is 414 g/mol. The Hall–Kier alpha value is -2.87. The van der Waals surface area contributed by atoms with Crippen molar-refractivity contribution in [3.8, 4) is 0 Å². The summed E-state index contributed by atoms with van der Waals surface area (Å²) >= 11 is 1.44. The van der Waals surface area contributed by atoms with Gasteiger partial charge >= 0.3 is 0 Å². The molecular formula is C21H23FN4O2S. The highest BCUT2D eigenvalue weighted by atomic mass is 32.1. The van der Waals surface area contributed by atoms with E-state index in [-0.39, 0.29) is 23.7 Å². The number of nitrogens with zero attached hydrogens (tertiary/aromatic N) is 2. The van der Waals surface area contributed by atoms with E-state index in [2.05, 4.69) is 27.4 Å². The maximum absolute atomic E-state index is 13.2. The maximum Gasteiger partial charge on any atom is 0.259 e. The van der Waals surface area contributed by atoms with Crippen molar-refractivity contribution < 1.29 is 9.18 Å². The summed E-state index contributed by atoms with van der Waals surface area (Å²) in [6.07, 6.45) is 2.44. The predicted molar refractivity (Wildman–Crippen MR) is 114 cm³/mol. The van der Waals surface area contributed by atoms with Gasteiger partial charge in [0.05, 0.1) is 17.5 Å². The summed E-state index contributed by atoms with van der Waals surface area (Å²) in [6.45, 7) is 5.89. The molecule has 1 amide bonds. The van der Waals surface area contributed by atoms with Gasteiger partial charge in [0.15, 0.2) is 0 Å². The molecule has 0 aliphatic carbocycles. The molecule has 0 aliphatic rings. The molecule has 29 heavy (non-hydrogen) atoms. The largest absolute Gasteiger partial charge is 0.309 e. The Labute approximate surface area is 171 Å². The van der Waals surface area contributed by atoms with E-state index < -0.39 is 0 Å². The zero-order chi connectivity index (χ0) is 21.0. The van der Waals surface area contributed by atoms with E-state index in [0.717, 1.165) is 28.8 Å². The highest BCUT2D eigenvalue weighted by Gasteiger charge is 2.14. The van der Waals surface area contributed by atoms with Crippen LogP contribution in [-0.4, -0.2) is 21.6 Å². The van der Waals surface area contributed by atoms with Crippen molar-refractivity contribution in [1.82, 2.24) is 15.4 Å². The van der Waals surface area contributed by atoms with Gasteiger partial charge in [-0.25, -0.2) is 14.8 Å². The molecule has 1 aromatic carbocycles. The van der Waals surface area contributed by atoms with E-state index in [4.69, 9.17) is 0 Å². The van der Waals surface area contributed by atoms with Crippen LogP contribution in [0.25, 0.3) is 10.2 Å². The summed E-state index contributed by atoms with van der Waals surface area (Å²) in [5.41, 5.74) is 4.66. The Bertz CT molecular complexity index is 1120. The first-order chi connectivity index (χ1) is 13.9. The number of halogens is 1. The van der Waals surface area contributed by atoms with Gasteiger partial charge in [0.25, 0.3) is 5.56 Å². The number of hydrogen-bond donors (Lipinski definition) is 2. The van der Waals surface area contributed by atoms with Crippen LogP contribution in [0.1, 0.15) is 48.0 Å². The number of nitrogens with one attached hydrogen (secondary N) is 2. The second kappa shape index (κ2) is 9.09. The minimum atomic E-state index is -0.381. The van der Waals surface area contributed by atoms with Crippen molar-refractivity contribution in [2.24, 2.45) is 5.10 Å². The Kier molecular flexibility index (Phi) is 6.53. The minimum absolute atomic E-state index is 0.0881. The van der Waals surface area contributed by atoms with Crippen molar-refractivity contribution in [1.29, 1.82) is 0 Å². The number of carbonyl (C=O) groups is 1. The molecule has 0 bridgehead atoms. The number of hydrogen-bond acceptors (Lipinski definition) is 5. The molecular weight excluding hydrogens is 391 g/mol. The molecule has 0 spiro atoms. The fourth-order valence-electron chi connectivity index (χ4n) is 2.96. The molecule has 0 saturated heterocycles. The van der Waals surface area contributed by atoms with Gasteiger partial charge in [-0.15, -0.1) is 11.3 Å². The molecule has 3 rings (SSSR count). The maximum atomic E-state index is 13.2. The zero-order valence-corrected chi connectivity index (χ0v) is 17.5. The van der Waals surface area contributed by atoms with Crippen molar-refractivity contribution >= 4 is 33.2 Å². The smallest absolute Gasteiger partial charge is 0.259 e. The number of aromatic amines is 1. The van der Waals surface area contributed by atoms with Gasteiger partial charge in [0.1, 0.15) is 16.5 Å². The lowest BCUT2D eigenvalue weighted by molar-refractivity contribution is -0.120. The molecule has 3 aromatic rings. The normalized spacial score (nSPS) is 11.8. The van der Waals surface area contributed by atoms with E-state index in [0.29, 0.717) is 28.2 Å². The average molecular weight is 415 g/mol. The molecule has 0 saturated carbocycles. The predicted octanol–water partition coefficient (Wildman–Crippen LogP) is 3.99. The van der Waals surface area contributed by atoms with Gasteiger partial charge in [-0.3, -0.25) is 9.59 Å². The Morgan fingerprint density at radius 2 is 2.00 bits per heavy atom. The van der Waals surface area contributed by atoms with Crippen LogP contribution in [0.2, 0.25) is 0 Å². The van der Waals surface area contributed by atoms with Gasteiger partial charge in [-0.2, -0.15) is 5.10 Å². The first-order valence-electron chi connectivity index (χ1n) is 9.49. The van der Waals surface area contributed by atoms with Gasteiger partial charge < -0.3 is 4.98 Å². The Morgan fingerprint density at radius 3 is 2.69 bits per heavy atom. The molecule has 0 fully saturated rings. The first kappa shape index (κ1) is 20.9. The van der Waals surface area contributed by atoms with Crippen molar-refractivity contribution in [3.63, 3.8) is 0 Å². The van der Waals surface area contributed by atoms with Crippen LogP contribution in [0.15, 0.2) is 34.2 Å². The van der Waals surface area contributed by atoms with Crippen LogP contribution < -0.4 is 11.0 Å². The number of carbonyl (C=O) groups excluding carboxylic acids is 1. The zero-order valence-electron chi connectivity index (χ0n) is 16.6. The SMILES string of the molecule is CCCC/C(=N/NC(=O)Cc1nc2sc(C)c(C)c2c(=O)[nH]1)c1ccc(F)cc1. The molecule has 0 aliphatic heterocycles. The summed E-state index contributed by atoms with van der Waals surface area (Å²) in [5, 5.41) is 4.81. The summed E-state index contributed by atoms with van der Waals surface area (Å²) in [4.78, 5) is 33.5. The van der Waals surface area contributed by atoms with Gasteiger partial charge in [0.2, 0.25) is 5.91 Å². The lowest BCUT2D eigenvalue weighted by atomic mass is 10.1. The third kappa shape index (κ3) is 4.95. The number of unbranched alkanes of at least 4 members (excludes halogenated alkanes) is 1. The van der Waals surface area contributed by atoms with Crippen LogP contribution >= 0.6 is 11.3 Å². The van der Waals surface area contributed by atoms with Crippen LogP contribution in [0, 0.1) is 19.7 Å². The number of aryl methyl sites for hydroxylation is 2. The number of hydrazone groups is 1. The molecule has 2 heterocycles. The molecule has 0 radical (unpaired) electrons. The van der Waals surface area contributed by atoms with Crippen molar-refractivity contribution in [2.45, 2.75) is 46.5 Å². The van der Waals surface area contributed by atoms with Gasteiger partial charge in [-0.1, -0.05) is 25.5 Å². The van der Waals surface area contributed by atoms with Gasteiger partial charge in [0, 0.05) is 4.88 Å². The Balaban J connectivity index is 1.76. The summed E-state index contributed by atoms with van der Waals surface area (Å²) in [5.74, 6) is -0.404. The molecule has 0 unspecified atom stereocenters. The first-order valence-corrected chi connectivity index (χ1v) is 10.3. The fraction of sp³-hybridized carbons (Fsp3) is 0.333. The fourth-order valence-corrected chi connectivity index (χ4v) is 4.00. The number of aromatic nitrogens is 2. The second-order valence-electron chi connectivity index (χ2n) is 6.86. The van der Waals surface area contributed by atoms with Gasteiger partial charge in [-0.05, 0) is 49.9 Å². The number of thiophene rings is 1. The van der Waals surface area contributed by atoms with Crippen LogP contribution in [0.5, 0.6) is 0 Å². The highest BCUT2D eigenvalue weighted by molar-refractivity contribution is 7.18. The number of rotatable bonds is 7. The Morgan fingerprint density at radius 1 is 1.28 bits per heavy atom. The molecule has 2 aromatic heterocycles. The number of amides is 1. The van der Waals surface area contributed by atoms with E-state index in [1.165, 1.54) is 23.5 Å². The highest BCUT2D eigenvalue weighted by Crippen LogP contribution is 2.25. The topological polar surface area (TPSA) is 87.2 Å². The van der Waals surface area contributed by atoms with Crippen LogP contribution in [-0.2, 0) is 11.2 Å². The lowest BCUT2D eigenvalue weighted by Gasteiger charge is -2.07. The van der Waals surface area contributed by atoms with E-state index in [1.54, 1.807) is 12.1 Å². The van der Waals surface area contributed by atoms with Crippen LogP contribution in [0.4, 0.5) is 4.39 Å². The summed E-state index contributed by atoms with van der Waals surface area (Å²) in [7, 11) is 0. The molecule has 8 heteroatoms. The molecule has 0 atom stereocenters. The molecule has 2 N–H and O–H groups in total. The van der Waals surface area contributed by atoms with Crippen molar-refractivity contribution in [2.75, 3.05) is 0 Å². The van der Waals surface area contributed by atoms with Crippen molar-refractivity contribution in [3.05, 3.63) is 62.3 Å². The third-order valence-electron chi connectivity index (χ3n) is 4.68. The summed E-state index contributed by atoms with van der Waals surface area (Å²) in [6, 6.07) is 6.02. The second-order valence-corrected chi connectivity index (χ2v) is 8.06. The minimum Gasteiger partial charge on any atom is -0.309 e. The third-order valence-corrected chi connectivity index (χ3v) is 5.78. The lowest BCUT2D eigenvalue weighted by Crippen LogP contribution is -2.24. The number of fused-ring (bicyclic) bond motifs is 1. The van der Waals surface area contributed by atoms with E-state index in [1.807, 2.05) is 13.8 Å². The number of benzene rings is 1. The van der Waals surface area contributed by atoms with E-state index in [9.17, 15) is 14.0 Å². The number of H-pyrrole nitrogens is 1. The van der Waals surface area contributed by atoms with Crippen LogP contribution in [0.3, 0.4) is 0 Å². The molecule has 152 valence electrons. The van der Waals surface area contributed by atoms with E-state index >= 15 is 0 Å². The molecule has 6 nitrogen and oxygen atoms in total. The average Bonchev–Trinajstić information content (AvgIpc) is 2.97. The quantitative estimate of drug-likeness (QED) is 0.453.